The van der Waals surface area contributed by atoms with E-state index in [0.717, 1.165) is 24.3 Å². The highest BCUT2D eigenvalue weighted by Gasteiger charge is 2.32. The molecule has 1 N–H and O–H groups in total. The normalized spacial score (nSPS) is 27.6. The van der Waals surface area contributed by atoms with Gasteiger partial charge in [0.2, 0.25) is 0 Å². The smallest absolute Gasteiger partial charge is 0.120 e. The largest absolute Gasteiger partial charge is 0.497 e. The van der Waals surface area contributed by atoms with E-state index >= 15 is 0 Å². The minimum absolute atomic E-state index is 0.347. The summed E-state index contributed by atoms with van der Waals surface area (Å²) in [5.74, 6) is 1.87. The highest BCUT2D eigenvalue weighted by Crippen LogP contribution is 2.30. The zero-order valence-corrected chi connectivity index (χ0v) is 13.0. The third-order valence-corrected chi connectivity index (χ3v) is 4.99. The molecule has 2 aromatic carbocycles. The number of hydrogen-bond donors (Lipinski definition) is 1. The first kappa shape index (κ1) is 13.9. The van der Waals surface area contributed by atoms with Gasteiger partial charge < -0.3 is 14.8 Å². The lowest BCUT2D eigenvalue weighted by Crippen LogP contribution is -2.51. The molecule has 0 aromatic heterocycles. The number of fused-ring (bicyclic) bond motifs is 3. The molecular formula is C19H23NO2. The molecule has 2 heterocycles. The Morgan fingerprint density at radius 3 is 2.32 bits per heavy atom. The first-order chi connectivity index (χ1) is 10.8. The van der Waals surface area contributed by atoms with Crippen LogP contribution in [0.1, 0.15) is 32.1 Å². The van der Waals surface area contributed by atoms with Crippen molar-refractivity contribution < 1.29 is 9.47 Å². The fourth-order valence-electron chi connectivity index (χ4n) is 3.91. The van der Waals surface area contributed by atoms with Gasteiger partial charge in [-0.2, -0.15) is 0 Å². The number of rotatable bonds is 3. The van der Waals surface area contributed by atoms with Crippen molar-refractivity contribution in [2.45, 2.75) is 50.3 Å². The fraction of sp³-hybridized carbons (Fsp3) is 0.474. The third-order valence-electron chi connectivity index (χ3n) is 4.99. The number of ether oxygens (including phenoxy) is 2. The Hall–Kier alpha value is -1.74. The molecule has 2 bridgehead atoms. The molecule has 2 fully saturated rings. The standard InChI is InChI=1S/C19H23NO2/c1-21-17-7-5-13-6-8-18(10-14(13)9-17)22-19-11-15-3-2-4-16(12-19)20-15/h5-10,15-16,19-20H,2-4,11-12H2,1H3/t15-,16+,19-. The van der Waals surface area contributed by atoms with Gasteiger partial charge in [-0.15, -0.1) is 0 Å². The van der Waals surface area contributed by atoms with Gasteiger partial charge in [0.1, 0.15) is 17.6 Å². The van der Waals surface area contributed by atoms with Crippen LogP contribution in [0.15, 0.2) is 36.4 Å². The van der Waals surface area contributed by atoms with Crippen LogP contribution in [0.2, 0.25) is 0 Å². The van der Waals surface area contributed by atoms with E-state index < -0.39 is 0 Å². The molecular weight excluding hydrogens is 274 g/mol. The van der Waals surface area contributed by atoms with Crippen LogP contribution in [0.5, 0.6) is 11.5 Å². The molecule has 2 aromatic rings. The van der Waals surface area contributed by atoms with Gasteiger partial charge >= 0.3 is 0 Å². The Kier molecular flexibility index (Phi) is 3.67. The first-order valence-corrected chi connectivity index (χ1v) is 8.31. The highest BCUT2D eigenvalue weighted by molar-refractivity contribution is 5.85. The Morgan fingerprint density at radius 1 is 0.909 bits per heavy atom. The molecule has 3 atom stereocenters. The lowest BCUT2D eigenvalue weighted by molar-refractivity contribution is 0.0928. The molecule has 0 spiro atoms. The summed E-state index contributed by atoms with van der Waals surface area (Å²) in [5.41, 5.74) is 0. The van der Waals surface area contributed by atoms with E-state index in [0.29, 0.717) is 18.2 Å². The van der Waals surface area contributed by atoms with E-state index in [1.54, 1.807) is 7.11 Å². The van der Waals surface area contributed by atoms with Crippen LogP contribution in [0.25, 0.3) is 10.8 Å². The molecule has 0 saturated carbocycles. The van der Waals surface area contributed by atoms with Crippen molar-refractivity contribution in [1.82, 2.24) is 5.32 Å². The Labute approximate surface area is 131 Å². The van der Waals surface area contributed by atoms with E-state index in [1.807, 2.05) is 6.07 Å². The summed E-state index contributed by atoms with van der Waals surface area (Å²) in [6, 6.07) is 13.8. The van der Waals surface area contributed by atoms with Crippen molar-refractivity contribution in [2.24, 2.45) is 0 Å². The molecule has 0 amide bonds. The lowest BCUT2D eigenvalue weighted by atomic mass is 9.85. The van der Waals surface area contributed by atoms with Crippen molar-refractivity contribution in [3.63, 3.8) is 0 Å². The van der Waals surface area contributed by atoms with Gasteiger partial charge in [-0.05, 0) is 60.7 Å². The van der Waals surface area contributed by atoms with Gasteiger partial charge in [0.25, 0.3) is 0 Å². The monoisotopic (exact) mass is 297 g/mol. The number of piperidine rings is 2. The summed E-state index contributed by atoms with van der Waals surface area (Å²) in [4.78, 5) is 0. The Bertz CT molecular complexity index is 658. The second-order valence-corrected chi connectivity index (χ2v) is 6.58. The average Bonchev–Trinajstić information content (AvgIpc) is 2.54. The van der Waals surface area contributed by atoms with Gasteiger partial charge in [-0.25, -0.2) is 0 Å². The molecule has 3 nitrogen and oxygen atoms in total. The molecule has 3 heteroatoms. The van der Waals surface area contributed by atoms with Crippen LogP contribution in [0.4, 0.5) is 0 Å². The average molecular weight is 297 g/mol. The van der Waals surface area contributed by atoms with Crippen LogP contribution >= 0.6 is 0 Å². The predicted molar refractivity (Wildman–Crippen MR) is 88.7 cm³/mol. The second-order valence-electron chi connectivity index (χ2n) is 6.58. The van der Waals surface area contributed by atoms with Crippen LogP contribution < -0.4 is 14.8 Å². The van der Waals surface area contributed by atoms with Crippen molar-refractivity contribution in [3.8, 4) is 11.5 Å². The van der Waals surface area contributed by atoms with E-state index in [4.69, 9.17) is 9.47 Å². The molecule has 2 aliphatic heterocycles. The summed E-state index contributed by atoms with van der Waals surface area (Å²) in [5, 5.41) is 6.11. The van der Waals surface area contributed by atoms with Crippen molar-refractivity contribution in [2.75, 3.05) is 7.11 Å². The van der Waals surface area contributed by atoms with E-state index in [1.165, 1.54) is 30.0 Å². The van der Waals surface area contributed by atoms with Crippen LogP contribution in [0, 0.1) is 0 Å². The molecule has 0 unspecified atom stereocenters. The molecule has 22 heavy (non-hydrogen) atoms. The zero-order chi connectivity index (χ0) is 14.9. The molecule has 0 radical (unpaired) electrons. The first-order valence-electron chi connectivity index (χ1n) is 8.31. The van der Waals surface area contributed by atoms with Gasteiger partial charge in [-0.3, -0.25) is 0 Å². The highest BCUT2D eigenvalue weighted by atomic mass is 16.5. The Morgan fingerprint density at radius 2 is 1.59 bits per heavy atom. The van der Waals surface area contributed by atoms with E-state index in [9.17, 15) is 0 Å². The quantitative estimate of drug-likeness (QED) is 0.932. The summed E-state index contributed by atoms with van der Waals surface area (Å²) in [6.45, 7) is 0. The summed E-state index contributed by atoms with van der Waals surface area (Å²) >= 11 is 0. The zero-order valence-electron chi connectivity index (χ0n) is 13.0. The third kappa shape index (κ3) is 2.78. The maximum absolute atomic E-state index is 6.29. The molecule has 2 saturated heterocycles. The summed E-state index contributed by atoms with van der Waals surface area (Å²) in [6.07, 6.45) is 6.57. The van der Waals surface area contributed by atoms with Gasteiger partial charge in [0, 0.05) is 12.1 Å². The van der Waals surface area contributed by atoms with Gasteiger partial charge in [0.15, 0.2) is 0 Å². The minimum atomic E-state index is 0.347. The summed E-state index contributed by atoms with van der Waals surface area (Å²) < 4.78 is 11.6. The fourth-order valence-corrected chi connectivity index (χ4v) is 3.91. The maximum Gasteiger partial charge on any atom is 0.120 e. The van der Waals surface area contributed by atoms with Crippen molar-refractivity contribution >= 4 is 10.8 Å². The SMILES string of the molecule is COc1ccc2ccc(O[C@@H]3C[C@H]4CCC[C@@H](C3)N4)cc2c1. The summed E-state index contributed by atoms with van der Waals surface area (Å²) in [7, 11) is 1.70. The predicted octanol–water partition coefficient (Wildman–Crippen LogP) is 3.90. The molecule has 0 aliphatic carbocycles. The maximum atomic E-state index is 6.29. The molecule has 4 rings (SSSR count). The lowest BCUT2D eigenvalue weighted by Gasteiger charge is -2.40. The Balaban J connectivity index is 1.53. The van der Waals surface area contributed by atoms with E-state index in [-0.39, 0.29) is 0 Å². The molecule has 116 valence electrons. The van der Waals surface area contributed by atoms with Gasteiger partial charge in [0.05, 0.1) is 7.11 Å². The minimum Gasteiger partial charge on any atom is -0.497 e. The number of benzene rings is 2. The van der Waals surface area contributed by atoms with Crippen LogP contribution in [0.3, 0.4) is 0 Å². The van der Waals surface area contributed by atoms with Crippen molar-refractivity contribution in [1.29, 1.82) is 0 Å². The number of hydrogen-bond acceptors (Lipinski definition) is 3. The van der Waals surface area contributed by atoms with Crippen molar-refractivity contribution in [3.05, 3.63) is 36.4 Å². The van der Waals surface area contributed by atoms with Gasteiger partial charge in [-0.1, -0.05) is 18.6 Å². The second kappa shape index (κ2) is 5.81. The number of methoxy groups -OCH3 is 1. The topological polar surface area (TPSA) is 30.5 Å². The van der Waals surface area contributed by atoms with Crippen LogP contribution in [-0.2, 0) is 0 Å². The van der Waals surface area contributed by atoms with Crippen LogP contribution in [-0.4, -0.2) is 25.3 Å². The molecule has 2 aliphatic rings. The number of nitrogens with one attached hydrogen (secondary N) is 1. The van der Waals surface area contributed by atoms with E-state index in [2.05, 4.69) is 35.6 Å².